The minimum absolute atomic E-state index is 0.197. The van der Waals surface area contributed by atoms with Gasteiger partial charge >= 0.3 is 5.97 Å². The van der Waals surface area contributed by atoms with Gasteiger partial charge in [-0.15, -0.1) is 0 Å². The SMILES string of the molecule is CCOC(=O)/C=C(\C)NC(=O)CCn1nc(C)c(Cl)c1C. The van der Waals surface area contributed by atoms with Crippen LogP contribution in [0.25, 0.3) is 0 Å². The maximum absolute atomic E-state index is 11.8. The molecule has 1 amide bonds. The Morgan fingerprint density at radius 2 is 2.10 bits per heavy atom. The van der Waals surface area contributed by atoms with Gasteiger partial charge in [0.2, 0.25) is 5.91 Å². The molecule has 0 saturated heterocycles. The molecule has 1 aromatic rings. The monoisotopic (exact) mass is 313 g/mol. The van der Waals surface area contributed by atoms with Gasteiger partial charge in [-0.05, 0) is 27.7 Å². The average molecular weight is 314 g/mol. The molecule has 1 rings (SSSR count). The standard InChI is InChI=1S/C14H20ClN3O3/c1-5-21-13(20)8-9(2)16-12(19)6-7-18-11(4)14(15)10(3)17-18/h8H,5-7H2,1-4H3,(H,16,19)/b9-8+. The maximum Gasteiger partial charge on any atom is 0.332 e. The first-order valence-corrected chi connectivity index (χ1v) is 7.07. The molecule has 0 spiro atoms. The first-order valence-electron chi connectivity index (χ1n) is 6.69. The van der Waals surface area contributed by atoms with Crippen molar-refractivity contribution in [1.29, 1.82) is 0 Å². The van der Waals surface area contributed by atoms with Crippen molar-refractivity contribution in [1.82, 2.24) is 15.1 Å². The van der Waals surface area contributed by atoms with Gasteiger partial charge in [0.15, 0.2) is 0 Å². The third kappa shape index (κ3) is 5.23. The van der Waals surface area contributed by atoms with Gasteiger partial charge in [-0.1, -0.05) is 11.6 Å². The molecule has 1 N–H and O–H groups in total. The molecule has 0 radical (unpaired) electrons. The summed E-state index contributed by atoms with van der Waals surface area (Å²) in [5.41, 5.74) is 2.03. The molecule has 116 valence electrons. The van der Waals surface area contributed by atoms with E-state index in [2.05, 4.69) is 10.4 Å². The lowest BCUT2D eigenvalue weighted by atomic mass is 10.3. The zero-order valence-electron chi connectivity index (χ0n) is 12.7. The minimum Gasteiger partial charge on any atom is -0.463 e. The van der Waals surface area contributed by atoms with E-state index in [4.69, 9.17) is 16.3 Å². The summed E-state index contributed by atoms with van der Waals surface area (Å²) in [4.78, 5) is 23.0. The van der Waals surface area contributed by atoms with Crippen molar-refractivity contribution in [3.63, 3.8) is 0 Å². The Morgan fingerprint density at radius 3 is 2.62 bits per heavy atom. The molecule has 7 heteroatoms. The number of amides is 1. The van der Waals surface area contributed by atoms with E-state index >= 15 is 0 Å². The van der Waals surface area contributed by atoms with Crippen LogP contribution in [-0.4, -0.2) is 28.3 Å². The summed E-state index contributed by atoms with van der Waals surface area (Å²) in [5, 5.41) is 7.50. The van der Waals surface area contributed by atoms with E-state index in [1.165, 1.54) is 6.08 Å². The van der Waals surface area contributed by atoms with Crippen LogP contribution in [-0.2, 0) is 20.9 Å². The van der Waals surface area contributed by atoms with Crippen LogP contribution in [0.5, 0.6) is 0 Å². The van der Waals surface area contributed by atoms with Gasteiger partial charge in [0.25, 0.3) is 0 Å². The molecule has 0 aromatic carbocycles. The van der Waals surface area contributed by atoms with Crippen LogP contribution in [0.1, 0.15) is 31.7 Å². The van der Waals surface area contributed by atoms with E-state index in [1.54, 1.807) is 18.5 Å². The molecule has 0 atom stereocenters. The van der Waals surface area contributed by atoms with Crippen LogP contribution in [0.15, 0.2) is 11.8 Å². The molecular weight excluding hydrogens is 294 g/mol. The number of rotatable bonds is 6. The van der Waals surface area contributed by atoms with Gasteiger partial charge in [0, 0.05) is 18.2 Å². The summed E-state index contributed by atoms with van der Waals surface area (Å²) in [6.45, 7) is 7.76. The zero-order valence-corrected chi connectivity index (χ0v) is 13.5. The lowest BCUT2D eigenvalue weighted by Crippen LogP contribution is -2.23. The molecule has 0 saturated carbocycles. The molecule has 1 heterocycles. The Hall–Kier alpha value is -1.82. The zero-order chi connectivity index (χ0) is 16.0. The van der Waals surface area contributed by atoms with Gasteiger partial charge in [0.1, 0.15) is 0 Å². The number of halogens is 1. The van der Waals surface area contributed by atoms with E-state index in [-0.39, 0.29) is 12.3 Å². The summed E-state index contributed by atoms with van der Waals surface area (Å²) >= 11 is 6.04. The lowest BCUT2D eigenvalue weighted by Gasteiger charge is -2.07. The number of ether oxygens (including phenoxy) is 1. The number of nitrogens with zero attached hydrogens (tertiary/aromatic N) is 2. The molecule has 6 nitrogen and oxygen atoms in total. The number of carbonyl (C=O) groups is 2. The van der Waals surface area contributed by atoms with Crippen molar-refractivity contribution in [3.05, 3.63) is 28.2 Å². The Bertz CT molecular complexity index is 564. The van der Waals surface area contributed by atoms with Crippen molar-refractivity contribution in [3.8, 4) is 0 Å². The second-order valence-electron chi connectivity index (χ2n) is 4.59. The molecule has 21 heavy (non-hydrogen) atoms. The molecule has 0 aliphatic heterocycles. The summed E-state index contributed by atoms with van der Waals surface area (Å²) in [6.07, 6.45) is 1.49. The van der Waals surface area contributed by atoms with Crippen LogP contribution in [0, 0.1) is 13.8 Å². The lowest BCUT2D eigenvalue weighted by molar-refractivity contribution is -0.137. The van der Waals surface area contributed by atoms with Crippen molar-refractivity contribution in [2.24, 2.45) is 0 Å². The van der Waals surface area contributed by atoms with E-state index in [9.17, 15) is 9.59 Å². The van der Waals surface area contributed by atoms with Gasteiger partial charge in [-0.2, -0.15) is 5.10 Å². The number of aromatic nitrogens is 2. The number of allylic oxidation sites excluding steroid dienone is 1. The fourth-order valence-electron chi connectivity index (χ4n) is 1.78. The third-order valence-corrected chi connectivity index (χ3v) is 3.35. The Labute approximate surface area is 129 Å². The van der Waals surface area contributed by atoms with Crippen molar-refractivity contribution < 1.29 is 14.3 Å². The topological polar surface area (TPSA) is 73.2 Å². The molecule has 0 fully saturated rings. The minimum atomic E-state index is -0.472. The second kappa shape index (κ2) is 7.83. The summed E-state index contributed by atoms with van der Waals surface area (Å²) in [7, 11) is 0. The molecule has 0 bridgehead atoms. The predicted molar refractivity (Wildman–Crippen MR) is 79.9 cm³/mol. The number of esters is 1. The van der Waals surface area contributed by atoms with Crippen LogP contribution in [0.2, 0.25) is 5.02 Å². The fourth-order valence-corrected chi connectivity index (χ4v) is 1.91. The van der Waals surface area contributed by atoms with Gasteiger partial charge in [-0.25, -0.2) is 4.79 Å². The van der Waals surface area contributed by atoms with E-state index < -0.39 is 5.97 Å². The highest BCUT2D eigenvalue weighted by Crippen LogP contribution is 2.18. The molecule has 0 unspecified atom stereocenters. The van der Waals surface area contributed by atoms with Crippen LogP contribution in [0.3, 0.4) is 0 Å². The van der Waals surface area contributed by atoms with Crippen LogP contribution in [0.4, 0.5) is 0 Å². The number of aryl methyl sites for hydroxylation is 2. The highest BCUT2D eigenvalue weighted by molar-refractivity contribution is 6.31. The maximum atomic E-state index is 11.8. The molecule has 0 aliphatic carbocycles. The first-order chi connectivity index (χ1) is 9.85. The van der Waals surface area contributed by atoms with Crippen LogP contribution < -0.4 is 5.32 Å². The summed E-state index contributed by atoms with van der Waals surface area (Å²) < 4.78 is 6.46. The van der Waals surface area contributed by atoms with Crippen LogP contribution >= 0.6 is 11.6 Å². The number of hydrogen-bond acceptors (Lipinski definition) is 4. The predicted octanol–water partition coefficient (Wildman–Crippen LogP) is 2.13. The van der Waals surface area contributed by atoms with E-state index in [1.807, 2.05) is 13.8 Å². The Balaban J connectivity index is 2.51. The van der Waals surface area contributed by atoms with Crippen molar-refractivity contribution in [2.75, 3.05) is 6.61 Å². The largest absolute Gasteiger partial charge is 0.463 e. The second-order valence-corrected chi connectivity index (χ2v) is 4.96. The van der Waals surface area contributed by atoms with Gasteiger partial charge in [-0.3, -0.25) is 9.48 Å². The normalized spacial score (nSPS) is 11.4. The number of hydrogen-bond donors (Lipinski definition) is 1. The fraction of sp³-hybridized carbons (Fsp3) is 0.500. The highest BCUT2D eigenvalue weighted by Gasteiger charge is 2.10. The quantitative estimate of drug-likeness (QED) is 0.645. The van der Waals surface area contributed by atoms with Crippen molar-refractivity contribution >= 4 is 23.5 Å². The number of nitrogens with one attached hydrogen (secondary N) is 1. The summed E-state index contributed by atoms with van der Waals surface area (Å²) in [5.74, 6) is -0.669. The highest BCUT2D eigenvalue weighted by atomic mass is 35.5. The van der Waals surface area contributed by atoms with Crippen molar-refractivity contribution in [2.45, 2.75) is 40.7 Å². The van der Waals surface area contributed by atoms with Gasteiger partial charge in [0.05, 0.1) is 29.6 Å². The molecule has 0 aliphatic rings. The Kier molecular flexibility index (Phi) is 6.42. The van der Waals surface area contributed by atoms with E-state index in [0.717, 1.165) is 11.4 Å². The van der Waals surface area contributed by atoms with E-state index in [0.29, 0.717) is 23.9 Å². The Morgan fingerprint density at radius 1 is 1.43 bits per heavy atom. The molecular formula is C14H20ClN3O3. The molecule has 1 aromatic heterocycles. The summed E-state index contributed by atoms with van der Waals surface area (Å²) in [6, 6.07) is 0. The average Bonchev–Trinajstić information content (AvgIpc) is 2.64. The van der Waals surface area contributed by atoms with Gasteiger partial charge < -0.3 is 10.1 Å². The first kappa shape index (κ1) is 17.2. The number of carbonyl (C=O) groups excluding carboxylic acids is 2. The smallest absolute Gasteiger partial charge is 0.332 e. The third-order valence-electron chi connectivity index (χ3n) is 2.80.